The minimum Gasteiger partial charge on any atom is -0.355 e. The molecule has 2 N–H and O–H groups in total. The Bertz CT molecular complexity index is 741. The summed E-state index contributed by atoms with van der Waals surface area (Å²) < 4.78 is 0. The number of nitrogens with zero attached hydrogens (tertiary/aromatic N) is 2. The number of aliphatic imine (C=N–C) groups is 1. The lowest BCUT2D eigenvalue weighted by Crippen LogP contribution is -2.40. The number of carbonyl (C=O) groups is 1. The number of nitrogens with one attached hydrogen (secondary N) is 2. The number of rotatable bonds is 4. The molecule has 6 heteroatoms. The largest absolute Gasteiger partial charge is 0.355 e. The van der Waals surface area contributed by atoms with E-state index in [1.807, 2.05) is 42.5 Å². The first-order valence-corrected chi connectivity index (χ1v) is 9.19. The Kier molecular flexibility index (Phi) is 8.57. The van der Waals surface area contributed by atoms with Gasteiger partial charge in [0.2, 0.25) is 0 Å². The number of piperidine rings is 1. The fraction of sp³-hybridized carbons (Fsp3) is 0.333. The molecule has 0 radical (unpaired) electrons. The first-order chi connectivity index (χ1) is 12.8. The highest BCUT2D eigenvalue weighted by atomic mass is 127. The van der Waals surface area contributed by atoms with Crippen LogP contribution in [0.25, 0.3) is 0 Å². The predicted octanol–water partition coefficient (Wildman–Crippen LogP) is 4.12. The third-order valence-corrected chi connectivity index (χ3v) is 4.54. The fourth-order valence-electron chi connectivity index (χ4n) is 3.05. The number of anilines is 1. The van der Waals surface area contributed by atoms with Crippen molar-refractivity contribution < 1.29 is 4.79 Å². The molecule has 5 nitrogen and oxygen atoms in total. The molecule has 0 aliphatic carbocycles. The van der Waals surface area contributed by atoms with Crippen molar-refractivity contribution in [2.24, 2.45) is 4.99 Å². The summed E-state index contributed by atoms with van der Waals surface area (Å²) in [5.74, 6) is 0.853. The van der Waals surface area contributed by atoms with Crippen molar-refractivity contribution in [1.29, 1.82) is 0 Å². The summed E-state index contributed by atoms with van der Waals surface area (Å²) in [7, 11) is 1.64. The van der Waals surface area contributed by atoms with Crippen LogP contribution in [0.3, 0.4) is 0 Å². The molecule has 2 aromatic carbocycles. The lowest BCUT2D eigenvalue weighted by molar-refractivity contribution is 0.0963. The van der Waals surface area contributed by atoms with Crippen LogP contribution in [0.2, 0.25) is 0 Å². The predicted molar refractivity (Wildman–Crippen MR) is 122 cm³/mol. The maximum atomic E-state index is 11.6. The lowest BCUT2D eigenvalue weighted by Gasteiger charge is -2.30. The molecule has 2 aromatic rings. The summed E-state index contributed by atoms with van der Waals surface area (Å²) in [6, 6.07) is 17.8. The molecule has 3 rings (SSSR count). The molecule has 27 heavy (non-hydrogen) atoms. The highest BCUT2D eigenvalue weighted by molar-refractivity contribution is 14.0. The molecule has 1 fully saturated rings. The van der Waals surface area contributed by atoms with Gasteiger partial charge in [0.15, 0.2) is 5.96 Å². The van der Waals surface area contributed by atoms with Crippen molar-refractivity contribution >= 4 is 41.5 Å². The zero-order chi connectivity index (χ0) is 18.2. The normalized spacial score (nSPS) is 14.3. The first kappa shape index (κ1) is 21.2. The Labute approximate surface area is 178 Å². The van der Waals surface area contributed by atoms with Crippen LogP contribution in [0.1, 0.15) is 35.2 Å². The molecule has 0 bridgehead atoms. The Hall–Kier alpha value is -2.09. The van der Waals surface area contributed by atoms with Gasteiger partial charge in [-0.3, -0.25) is 4.79 Å². The van der Waals surface area contributed by atoms with Gasteiger partial charge in [-0.2, -0.15) is 0 Å². The van der Waals surface area contributed by atoms with Crippen LogP contribution in [0, 0.1) is 0 Å². The van der Waals surface area contributed by atoms with Crippen LogP contribution in [0.4, 0.5) is 5.69 Å². The van der Waals surface area contributed by atoms with E-state index in [0.717, 1.165) is 30.3 Å². The maximum absolute atomic E-state index is 11.6. The Morgan fingerprint density at radius 1 is 1.00 bits per heavy atom. The molecular formula is C21H27IN4O. The summed E-state index contributed by atoms with van der Waals surface area (Å²) in [4.78, 5) is 18.8. The van der Waals surface area contributed by atoms with Gasteiger partial charge in [0.25, 0.3) is 5.91 Å². The molecule has 0 aromatic heterocycles. The summed E-state index contributed by atoms with van der Waals surface area (Å²) >= 11 is 0. The van der Waals surface area contributed by atoms with Crippen molar-refractivity contribution in [2.45, 2.75) is 25.8 Å². The smallest absolute Gasteiger partial charge is 0.251 e. The molecule has 144 valence electrons. The number of hydrogen-bond acceptors (Lipinski definition) is 2. The van der Waals surface area contributed by atoms with Crippen LogP contribution in [0.5, 0.6) is 0 Å². The Balaban J connectivity index is 0.00000261. The SMILES string of the molecule is CNC(=O)c1ccc(CN=C(Nc2ccccc2)N2CCCCC2)cc1.I. The molecule has 1 amide bonds. The molecular weight excluding hydrogens is 451 g/mol. The number of likely N-dealkylation sites (tertiary alicyclic amines) is 1. The Morgan fingerprint density at radius 2 is 1.67 bits per heavy atom. The van der Waals surface area contributed by atoms with E-state index < -0.39 is 0 Å². The molecule has 1 aliphatic rings. The number of amides is 1. The second kappa shape index (κ2) is 10.9. The van der Waals surface area contributed by atoms with E-state index in [4.69, 9.17) is 4.99 Å². The number of guanidine groups is 1. The number of para-hydroxylation sites is 1. The van der Waals surface area contributed by atoms with Gasteiger partial charge in [-0.1, -0.05) is 30.3 Å². The van der Waals surface area contributed by atoms with Crippen molar-refractivity contribution in [3.63, 3.8) is 0 Å². The summed E-state index contributed by atoms with van der Waals surface area (Å²) in [5.41, 5.74) is 2.80. The van der Waals surface area contributed by atoms with Crippen molar-refractivity contribution in [1.82, 2.24) is 10.2 Å². The van der Waals surface area contributed by atoms with Gasteiger partial charge in [-0.25, -0.2) is 4.99 Å². The van der Waals surface area contributed by atoms with E-state index in [-0.39, 0.29) is 29.9 Å². The van der Waals surface area contributed by atoms with Gasteiger partial charge in [0.1, 0.15) is 0 Å². The fourth-order valence-corrected chi connectivity index (χ4v) is 3.05. The maximum Gasteiger partial charge on any atom is 0.251 e. The number of benzene rings is 2. The highest BCUT2D eigenvalue weighted by Crippen LogP contribution is 2.14. The number of halogens is 1. The quantitative estimate of drug-likeness (QED) is 0.395. The van der Waals surface area contributed by atoms with E-state index in [0.29, 0.717) is 12.1 Å². The topological polar surface area (TPSA) is 56.7 Å². The third-order valence-electron chi connectivity index (χ3n) is 4.54. The second-order valence-electron chi connectivity index (χ2n) is 6.45. The summed E-state index contributed by atoms with van der Waals surface area (Å²) in [6.45, 7) is 2.66. The molecule has 0 spiro atoms. The van der Waals surface area contributed by atoms with E-state index in [9.17, 15) is 4.79 Å². The number of carbonyl (C=O) groups excluding carboxylic acids is 1. The minimum atomic E-state index is -0.0696. The van der Waals surface area contributed by atoms with Crippen LogP contribution >= 0.6 is 24.0 Å². The van der Waals surface area contributed by atoms with Gasteiger partial charge in [-0.15, -0.1) is 24.0 Å². The van der Waals surface area contributed by atoms with Crippen molar-refractivity contribution in [3.8, 4) is 0 Å². The molecule has 1 aliphatic heterocycles. The van der Waals surface area contributed by atoms with Crippen LogP contribution in [-0.4, -0.2) is 36.9 Å². The molecule has 1 heterocycles. The van der Waals surface area contributed by atoms with Gasteiger partial charge >= 0.3 is 0 Å². The molecule has 0 atom stereocenters. The van der Waals surface area contributed by atoms with Crippen molar-refractivity contribution in [3.05, 3.63) is 65.7 Å². The molecule has 0 saturated carbocycles. The molecule has 0 unspecified atom stereocenters. The van der Waals surface area contributed by atoms with Crippen LogP contribution in [0.15, 0.2) is 59.6 Å². The van der Waals surface area contributed by atoms with Gasteiger partial charge < -0.3 is 15.5 Å². The van der Waals surface area contributed by atoms with E-state index in [1.54, 1.807) is 7.05 Å². The van der Waals surface area contributed by atoms with Crippen LogP contribution < -0.4 is 10.6 Å². The monoisotopic (exact) mass is 478 g/mol. The van der Waals surface area contributed by atoms with Crippen molar-refractivity contribution in [2.75, 3.05) is 25.5 Å². The van der Waals surface area contributed by atoms with Gasteiger partial charge in [-0.05, 0) is 49.1 Å². The average molecular weight is 478 g/mol. The highest BCUT2D eigenvalue weighted by Gasteiger charge is 2.15. The van der Waals surface area contributed by atoms with Gasteiger partial charge in [0.05, 0.1) is 6.54 Å². The summed E-state index contributed by atoms with van der Waals surface area (Å²) in [6.07, 6.45) is 3.70. The lowest BCUT2D eigenvalue weighted by atomic mass is 10.1. The van der Waals surface area contributed by atoms with Crippen LogP contribution in [-0.2, 0) is 6.54 Å². The minimum absolute atomic E-state index is 0. The standard InChI is InChI=1S/C21H26N4O.HI/c1-22-20(26)18-12-10-17(11-13-18)16-23-21(25-14-6-3-7-15-25)24-19-8-4-2-5-9-19;/h2,4-5,8-13H,3,6-7,14-16H2,1H3,(H,22,26)(H,23,24);1H. The zero-order valence-corrected chi connectivity index (χ0v) is 18.0. The summed E-state index contributed by atoms with van der Waals surface area (Å²) in [5, 5.41) is 6.11. The zero-order valence-electron chi connectivity index (χ0n) is 15.6. The van der Waals surface area contributed by atoms with Gasteiger partial charge in [0, 0.05) is 31.4 Å². The second-order valence-corrected chi connectivity index (χ2v) is 6.45. The number of hydrogen-bond donors (Lipinski definition) is 2. The van der Waals surface area contributed by atoms with E-state index >= 15 is 0 Å². The average Bonchev–Trinajstić information content (AvgIpc) is 2.72. The first-order valence-electron chi connectivity index (χ1n) is 9.19. The van der Waals surface area contributed by atoms with E-state index in [1.165, 1.54) is 19.3 Å². The molecule has 1 saturated heterocycles. The third kappa shape index (κ3) is 6.23. The Morgan fingerprint density at radius 3 is 2.30 bits per heavy atom. The van der Waals surface area contributed by atoms with E-state index in [2.05, 4.69) is 27.7 Å².